The smallest absolute Gasteiger partial charge is 0.352 e. The van der Waals surface area contributed by atoms with Crippen LogP contribution in [0.4, 0.5) is 10.3 Å². The molecule has 0 aromatic carbocycles. The first-order valence-corrected chi connectivity index (χ1v) is 15.3. The summed E-state index contributed by atoms with van der Waals surface area (Å²) in [5.74, 6) is -3.01. The number of nitrogens with two attached hydrogens (primary N) is 1. The van der Waals surface area contributed by atoms with Gasteiger partial charge in [0, 0.05) is 16.7 Å². The van der Waals surface area contributed by atoms with Gasteiger partial charge in [-0.2, -0.15) is 0 Å². The van der Waals surface area contributed by atoms with Gasteiger partial charge in [-0.1, -0.05) is 17.8 Å². The number of amides is 2. The highest BCUT2D eigenvalue weighted by molar-refractivity contribution is 8.00. The number of anilines is 2. The fourth-order valence-corrected chi connectivity index (χ4v) is 7.35. The van der Waals surface area contributed by atoms with Crippen molar-refractivity contribution in [3.05, 3.63) is 45.6 Å². The Morgan fingerprint density at radius 2 is 2.17 bits per heavy atom. The van der Waals surface area contributed by atoms with Crippen molar-refractivity contribution in [1.82, 2.24) is 15.2 Å². The Balaban J connectivity index is 1.53. The van der Waals surface area contributed by atoms with E-state index < -0.39 is 35.2 Å². The molecule has 2 aromatic heterocycles. The number of likely N-dealkylation sites (N-methyl/N-ethyl adjacent to an activating group) is 1. The molecule has 0 bridgehead atoms. The number of esters is 1. The van der Waals surface area contributed by atoms with E-state index in [4.69, 9.17) is 15.3 Å². The maximum Gasteiger partial charge on any atom is 0.352 e. The number of aliphatic carboxylic acids is 1. The van der Waals surface area contributed by atoms with Crippen molar-refractivity contribution in [1.29, 1.82) is 0 Å². The van der Waals surface area contributed by atoms with Crippen LogP contribution >= 0.6 is 34.4 Å². The zero-order valence-electron chi connectivity index (χ0n) is 23.2. The van der Waals surface area contributed by atoms with Crippen molar-refractivity contribution in [2.24, 2.45) is 12.2 Å². The number of β-lactam (4-membered cyclic amide) rings is 1. The number of carboxylic acids is 1. The summed E-state index contributed by atoms with van der Waals surface area (Å²) < 4.78 is 6.97. The molecule has 2 aromatic rings. The lowest BCUT2D eigenvalue weighted by atomic mass is 10.0. The van der Waals surface area contributed by atoms with Crippen molar-refractivity contribution in [2.45, 2.75) is 25.3 Å². The molecule has 42 heavy (non-hydrogen) atoms. The third kappa shape index (κ3) is 5.98. The number of nitrogen functional groups attached to an aromatic ring is 1. The lowest BCUT2D eigenvalue weighted by Crippen LogP contribution is -2.71. The van der Waals surface area contributed by atoms with E-state index in [0.29, 0.717) is 21.3 Å². The van der Waals surface area contributed by atoms with Gasteiger partial charge in [0.25, 0.3) is 11.8 Å². The maximum atomic E-state index is 13.2. The number of oxime groups is 1. The average molecular weight is 636 g/mol. The first-order valence-electron chi connectivity index (χ1n) is 12.6. The minimum atomic E-state index is -1.50. The van der Waals surface area contributed by atoms with E-state index in [1.807, 2.05) is 4.57 Å². The summed E-state index contributed by atoms with van der Waals surface area (Å²) >= 11 is 3.64. The normalized spacial score (nSPS) is 18.2. The highest BCUT2D eigenvalue weighted by atomic mass is 32.2. The number of ether oxygens (including phenoxy) is 1. The fraction of sp³-hybridized carbons (Fsp3) is 0.400. The zero-order valence-corrected chi connectivity index (χ0v) is 25.7. The van der Waals surface area contributed by atoms with Crippen LogP contribution < -0.4 is 25.6 Å². The first kappa shape index (κ1) is 31.0. The molecule has 1 fully saturated rings. The predicted octanol–water partition coefficient (Wildman–Crippen LogP) is -0.457. The summed E-state index contributed by atoms with van der Waals surface area (Å²) in [5.41, 5.74) is 6.61. The van der Waals surface area contributed by atoms with E-state index in [9.17, 15) is 24.3 Å². The number of nitrogens with zero attached hydrogens (tertiary/aromatic N) is 5. The molecule has 224 valence electrons. The van der Waals surface area contributed by atoms with Crippen LogP contribution in [-0.2, 0) is 31.0 Å². The van der Waals surface area contributed by atoms with Gasteiger partial charge in [0.1, 0.15) is 36.0 Å². The zero-order chi connectivity index (χ0) is 30.7. The average Bonchev–Trinajstić information content (AvgIpc) is 3.51. The van der Waals surface area contributed by atoms with Gasteiger partial charge in [-0.3, -0.25) is 19.4 Å². The molecule has 14 nitrogen and oxygen atoms in total. The minimum Gasteiger partial charge on any atom is -0.543 e. The lowest BCUT2D eigenvalue weighted by Gasteiger charge is -2.50. The second kappa shape index (κ2) is 12.9. The number of carbonyl (C=O) groups excluding carboxylic acids is 4. The molecule has 0 radical (unpaired) electrons. The molecule has 4 rings (SSSR count). The first-order chi connectivity index (χ1) is 20.0. The minimum absolute atomic E-state index is 0.0369. The van der Waals surface area contributed by atoms with Gasteiger partial charge in [-0.05, 0) is 25.2 Å². The van der Waals surface area contributed by atoms with Gasteiger partial charge in [-0.15, -0.1) is 23.1 Å². The second-order valence-electron chi connectivity index (χ2n) is 9.13. The van der Waals surface area contributed by atoms with E-state index in [1.165, 1.54) is 34.6 Å². The molecular weight excluding hydrogens is 607 g/mol. The number of nitrogens with one attached hydrogen (secondary N) is 1. The topological polar surface area (TPSA) is 183 Å². The number of hydrogen-bond acceptors (Lipinski definition) is 14. The molecule has 2 atom stereocenters. The fourth-order valence-electron chi connectivity index (χ4n) is 4.36. The molecule has 2 unspecified atom stereocenters. The predicted molar refractivity (Wildman–Crippen MR) is 156 cm³/mol. The van der Waals surface area contributed by atoms with Crippen LogP contribution in [0.1, 0.15) is 28.0 Å². The quantitative estimate of drug-likeness (QED) is 0.0586. The summed E-state index contributed by atoms with van der Waals surface area (Å²) in [5, 5.41) is 20.5. The summed E-state index contributed by atoms with van der Waals surface area (Å²) in [4.78, 5) is 63.5. The number of rotatable bonds is 12. The van der Waals surface area contributed by atoms with Gasteiger partial charge in [0.05, 0.1) is 32.4 Å². The van der Waals surface area contributed by atoms with Crippen LogP contribution in [0.5, 0.6) is 0 Å². The number of aromatic nitrogens is 2. The van der Waals surface area contributed by atoms with Crippen molar-refractivity contribution in [3.8, 4) is 0 Å². The molecule has 0 aliphatic carbocycles. The molecule has 1 saturated heterocycles. The Hall–Kier alpha value is -3.96. The van der Waals surface area contributed by atoms with Crippen LogP contribution in [0.3, 0.4) is 0 Å². The Morgan fingerprint density at radius 3 is 2.79 bits per heavy atom. The van der Waals surface area contributed by atoms with Crippen LogP contribution in [0.25, 0.3) is 0 Å². The third-order valence-electron chi connectivity index (χ3n) is 6.38. The lowest BCUT2D eigenvalue weighted by molar-refractivity contribution is -0.660. The molecule has 0 saturated carbocycles. The van der Waals surface area contributed by atoms with Crippen LogP contribution in [0.2, 0.25) is 0 Å². The molecule has 2 amide bonds. The Bertz CT molecular complexity index is 1500. The largest absolute Gasteiger partial charge is 0.543 e. The highest BCUT2D eigenvalue weighted by Crippen LogP contribution is 2.40. The van der Waals surface area contributed by atoms with E-state index in [0.717, 1.165) is 16.2 Å². The summed E-state index contributed by atoms with van der Waals surface area (Å²) in [7, 11) is 3.56. The number of hydrogen-bond donors (Lipinski definition) is 2. The van der Waals surface area contributed by atoms with E-state index in [-0.39, 0.29) is 47.7 Å². The monoisotopic (exact) mass is 635 g/mol. The number of fused-ring (bicyclic) bond motifs is 1. The molecule has 2 aliphatic rings. The van der Waals surface area contributed by atoms with E-state index in [1.54, 1.807) is 32.8 Å². The third-order valence-corrected chi connectivity index (χ3v) is 9.83. The molecule has 0 spiro atoms. The maximum absolute atomic E-state index is 13.2. The van der Waals surface area contributed by atoms with Crippen LogP contribution in [-0.4, -0.2) is 83.3 Å². The van der Waals surface area contributed by atoms with Crippen molar-refractivity contribution in [3.63, 3.8) is 0 Å². The SMILES string of the molecule is C=CCO/N=C(\C(=O)NC1C(=O)N2C(C(=O)[O-])=C(CN(C)c3sc(C(=O)OCC)c(C)[n+]3C)CSC12)c1csc(N)n1. The molecular formula is C25H29N7O7S3. The number of carbonyl (C=O) groups is 4. The van der Waals surface area contributed by atoms with Gasteiger partial charge in [0.2, 0.25) is 0 Å². The van der Waals surface area contributed by atoms with Gasteiger partial charge >= 0.3 is 11.1 Å². The van der Waals surface area contributed by atoms with E-state index in [2.05, 4.69) is 22.0 Å². The van der Waals surface area contributed by atoms with Gasteiger partial charge in [-0.25, -0.2) is 14.3 Å². The number of thiazole rings is 2. The highest BCUT2D eigenvalue weighted by Gasteiger charge is 2.53. The number of carboxylic acid groups (broad SMARTS) is 1. The Morgan fingerprint density at radius 1 is 1.43 bits per heavy atom. The molecule has 17 heteroatoms. The van der Waals surface area contributed by atoms with Crippen molar-refractivity contribution >= 4 is 74.2 Å². The van der Waals surface area contributed by atoms with Crippen LogP contribution in [0.15, 0.2) is 34.5 Å². The Kier molecular flexibility index (Phi) is 9.53. The second-order valence-corrected chi connectivity index (χ2v) is 12.1. The molecule has 4 heterocycles. The van der Waals surface area contributed by atoms with Crippen LogP contribution in [0, 0.1) is 6.92 Å². The van der Waals surface area contributed by atoms with Crippen molar-refractivity contribution < 1.29 is 38.4 Å². The molecule has 3 N–H and O–H groups in total. The summed E-state index contributed by atoms with van der Waals surface area (Å²) in [6.07, 6.45) is 1.45. The van der Waals surface area contributed by atoms with Gasteiger partial charge in [0.15, 0.2) is 15.7 Å². The summed E-state index contributed by atoms with van der Waals surface area (Å²) in [6.45, 7) is 7.49. The molecule has 2 aliphatic heterocycles. The van der Waals surface area contributed by atoms with E-state index >= 15 is 0 Å². The standard InChI is InChI=1S/C25H29N7O7S3/c1-6-8-39-29-15(14-11-41-24(26)27-14)19(33)28-16-20(34)32-17(22(35)36)13(10-40-21(16)32)9-30(4)25-31(5)12(3)18(42-25)23(37)38-7-2/h6,11,16,21H,1,7-10H2,2-5H3,(H3-,26,27,28,33,35,36)/b29-15-. The Labute approximate surface area is 253 Å². The van der Waals surface area contributed by atoms with Crippen molar-refractivity contribution in [2.75, 3.05) is 43.2 Å². The van der Waals surface area contributed by atoms with Gasteiger partial charge < -0.3 is 30.5 Å². The number of thioether (sulfide) groups is 1. The summed E-state index contributed by atoms with van der Waals surface area (Å²) in [6, 6.07) is -1.01.